The summed E-state index contributed by atoms with van der Waals surface area (Å²) in [7, 11) is 0. The van der Waals surface area contributed by atoms with Crippen LogP contribution in [0.1, 0.15) is 26.3 Å². The summed E-state index contributed by atoms with van der Waals surface area (Å²) in [5.41, 5.74) is 3.59. The number of halogens is 1. The lowest BCUT2D eigenvalue weighted by Gasteiger charge is -2.14. The van der Waals surface area contributed by atoms with Crippen molar-refractivity contribution >= 4 is 34.9 Å². The topological polar surface area (TPSA) is 89.5 Å². The number of aromatic carboxylic acids is 2. The molecule has 0 atom stereocenters. The van der Waals surface area contributed by atoms with Crippen molar-refractivity contribution in [3.8, 4) is 27.3 Å². The van der Waals surface area contributed by atoms with Crippen molar-refractivity contribution in [2.75, 3.05) is 0 Å². The quantitative estimate of drug-likeness (QED) is 0.413. The Hall–Kier alpha value is -3.61. The molecule has 0 unspecified atom stereocenters. The molecule has 0 saturated carbocycles. The van der Waals surface area contributed by atoms with Gasteiger partial charge in [0.1, 0.15) is 12.4 Å². The van der Waals surface area contributed by atoms with Gasteiger partial charge in [0, 0.05) is 21.0 Å². The monoisotopic (exact) mass is 462 g/mol. The number of carbonyl (C=O) groups excluding carboxylic acids is 2. The number of carbonyl (C=O) groups is 2. The number of carboxylic acid groups (broad SMARTS) is 2. The molecule has 0 aliphatic rings. The second-order valence-electron chi connectivity index (χ2n) is 6.94. The highest BCUT2D eigenvalue weighted by Crippen LogP contribution is 2.42. The fourth-order valence-electron chi connectivity index (χ4n) is 3.24. The van der Waals surface area contributed by atoms with Gasteiger partial charge in [-0.15, -0.1) is 11.3 Å². The van der Waals surface area contributed by atoms with Gasteiger partial charge in [-0.2, -0.15) is 0 Å². The Morgan fingerprint density at radius 2 is 1.44 bits per heavy atom. The molecule has 4 rings (SSSR count). The van der Waals surface area contributed by atoms with E-state index in [9.17, 15) is 19.8 Å². The Labute approximate surface area is 193 Å². The van der Waals surface area contributed by atoms with E-state index in [0.29, 0.717) is 10.8 Å². The third-order valence-corrected chi connectivity index (χ3v) is 6.06. The van der Waals surface area contributed by atoms with Crippen molar-refractivity contribution in [3.63, 3.8) is 0 Å². The molecule has 1 heterocycles. The summed E-state index contributed by atoms with van der Waals surface area (Å²) in [4.78, 5) is 22.9. The first-order chi connectivity index (χ1) is 15.4. The summed E-state index contributed by atoms with van der Waals surface area (Å²) in [6.07, 6.45) is 0. The van der Waals surface area contributed by atoms with Crippen LogP contribution in [-0.2, 0) is 6.61 Å². The van der Waals surface area contributed by atoms with Crippen LogP contribution >= 0.6 is 22.9 Å². The Morgan fingerprint density at radius 1 is 0.812 bits per heavy atom. The van der Waals surface area contributed by atoms with Gasteiger partial charge in [-0.1, -0.05) is 60.1 Å². The molecule has 32 heavy (non-hydrogen) atoms. The molecule has 1 aromatic heterocycles. The molecule has 0 aliphatic carbocycles. The summed E-state index contributed by atoms with van der Waals surface area (Å²) < 4.78 is 6.04. The van der Waals surface area contributed by atoms with Gasteiger partial charge in [0.2, 0.25) is 0 Å². The summed E-state index contributed by atoms with van der Waals surface area (Å²) in [6, 6.07) is 20.1. The highest BCUT2D eigenvalue weighted by atomic mass is 35.5. The summed E-state index contributed by atoms with van der Waals surface area (Å²) in [5, 5.41) is 24.4. The molecule has 0 fully saturated rings. The van der Waals surface area contributed by atoms with Crippen LogP contribution in [0.5, 0.6) is 5.75 Å². The number of ether oxygens (including phenoxy) is 1. The van der Waals surface area contributed by atoms with Gasteiger partial charge in [-0.3, -0.25) is 0 Å². The lowest BCUT2D eigenvalue weighted by Crippen LogP contribution is -2.22. The SMILES string of the molecule is O=C([O-])c1ccc(COc2ccc(Cl)cc2-c2ccsc2-c2ccc(C(=O)[O-])cc2)cc1. The van der Waals surface area contributed by atoms with Crippen molar-refractivity contribution in [3.05, 3.63) is 99.9 Å². The average Bonchev–Trinajstić information content (AvgIpc) is 3.28. The number of carboxylic acids is 2. The van der Waals surface area contributed by atoms with Crippen molar-refractivity contribution in [2.24, 2.45) is 0 Å². The van der Waals surface area contributed by atoms with Gasteiger partial charge in [0.05, 0.1) is 11.9 Å². The molecule has 0 N–H and O–H groups in total. The van der Waals surface area contributed by atoms with E-state index in [0.717, 1.165) is 27.1 Å². The number of benzene rings is 3. The van der Waals surface area contributed by atoms with E-state index in [2.05, 4.69) is 0 Å². The maximum atomic E-state index is 11.0. The van der Waals surface area contributed by atoms with Crippen LogP contribution < -0.4 is 14.9 Å². The largest absolute Gasteiger partial charge is 0.545 e. The fourth-order valence-corrected chi connectivity index (χ4v) is 4.33. The molecule has 0 saturated heterocycles. The van der Waals surface area contributed by atoms with E-state index in [4.69, 9.17) is 16.3 Å². The van der Waals surface area contributed by atoms with Crippen LogP contribution in [0.15, 0.2) is 78.2 Å². The molecule has 7 heteroatoms. The Balaban J connectivity index is 1.64. The minimum atomic E-state index is -1.23. The standard InChI is InChI=1S/C25H17ClO5S/c26-19-9-10-22(31-14-15-1-3-17(4-2-15)24(27)28)21(13-19)20-11-12-32-23(20)16-5-7-18(8-6-16)25(29)30/h1-13H,14H2,(H,27,28)(H,29,30)/p-2. The molecule has 5 nitrogen and oxygen atoms in total. The van der Waals surface area contributed by atoms with Crippen LogP contribution in [0.4, 0.5) is 0 Å². The predicted molar refractivity (Wildman–Crippen MR) is 120 cm³/mol. The van der Waals surface area contributed by atoms with Gasteiger partial charge in [0.25, 0.3) is 0 Å². The molecular formula is C25H15ClO5S-2. The summed E-state index contributed by atoms with van der Waals surface area (Å²) in [5.74, 6) is -1.83. The first kappa shape index (κ1) is 21.6. The molecule has 0 amide bonds. The summed E-state index contributed by atoms with van der Waals surface area (Å²) in [6.45, 7) is 0.238. The van der Waals surface area contributed by atoms with E-state index >= 15 is 0 Å². The average molecular weight is 463 g/mol. The first-order valence-electron chi connectivity index (χ1n) is 9.54. The zero-order valence-corrected chi connectivity index (χ0v) is 18.1. The van der Waals surface area contributed by atoms with Crippen LogP contribution in [0.3, 0.4) is 0 Å². The zero-order valence-electron chi connectivity index (χ0n) is 16.5. The van der Waals surface area contributed by atoms with Crippen molar-refractivity contribution < 1.29 is 24.5 Å². The van der Waals surface area contributed by atoms with Gasteiger partial charge in [0.15, 0.2) is 0 Å². The van der Waals surface area contributed by atoms with E-state index < -0.39 is 11.9 Å². The minimum absolute atomic E-state index is 0.105. The van der Waals surface area contributed by atoms with Crippen LogP contribution in [0.2, 0.25) is 5.02 Å². The third-order valence-electron chi connectivity index (χ3n) is 4.86. The molecule has 0 radical (unpaired) electrons. The van der Waals surface area contributed by atoms with E-state index in [1.54, 1.807) is 36.4 Å². The molecular weight excluding hydrogens is 448 g/mol. The second-order valence-corrected chi connectivity index (χ2v) is 8.29. The van der Waals surface area contributed by atoms with Crippen LogP contribution in [0.25, 0.3) is 21.6 Å². The number of rotatable bonds is 7. The Morgan fingerprint density at radius 3 is 2.06 bits per heavy atom. The minimum Gasteiger partial charge on any atom is -0.545 e. The number of thiophene rings is 1. The first-order valence-corrected chi connectivity index (χ1v) is 10.8. The molecule has 3 aromatic carbocycles. The number of hydrogen-bond donors (Lipinski definition) is 0. The third kappa shape index (κ3) is 4.66. The molecule has 160 valence electrons. The van der Waals surface area contributed by atoms with E-state index in [-0.39, 0.29) is 17.7 Å². The normalized spacial score (nSPS) is 10.7. The van der Waals surface area contributed by atoms with Crippen LogP contribution in [0, 0.1) is 0 Å². The lowest BCUT2D eigenvalue weighted by atomic mass is 10.0. The van der Waals surface area contributed by atoms with Crippen molar-refractivity contribution in [1.82, 2.24) is 0 Å². The maximum absolute atomic E-state index is 11.0. The van der Waals surface area contributed by atoms with Gasteiger partial charge >= 0.3 is 0 Å². The van der Waals surface area contributed by atoms with Gasteiger partial charge in [-0.05, 0) is 51.9 Å². The second kappa shape index (κ2) is 9.26. The van der Waals surface area contributed by atoms with Crippen molar-refractivity contribution in [2.45, 2.75) is 6.61 Å². The van der Waals surface area contributed by atoms with Crippen molar-refractivity contribution in [1.29, 1.82) is 0 Å². The molecule has 4 aromatic rings. The zero-order chi connectivity index (χ0) is 22.7. The number of hydrogen-bond acceptors (Lipinski definition) is 6. The molecule has 0 aliphatic heterocycles. The van der Waals surface area contributed by atoms with Gasteiger partial charge < -0.3 is 24.5 Å². The Kier molecular flexibility index (Phi) is 6.25. The van der Waals surface area contributed by atoms with E-state index in [1.807, 2.05) is 17.5 Å². The molecule has 0 bridgehead atoms. The maximum Gasteiger partial charge on any atom is 0.127 e. The lowest BCUT2D eigenvalue weighted by molar-refractivity contribution is -0.256. The summed E-state index contributed by atoms with van der Waals surface area (Å²) >= 11 is 7.79. The Bertz CT molecular complexity index is 1280. The van der Waals surface area contributed by atoms with Gasteiger partial charge in [-0.25, -0.2) is 0 Å². The highest BCUT2D eigenvalue weighted by molar-refractivity contribution is 7.14. The van der Waals surface area contributed by atoms with E-state index in [1.165, 1.54) is 35.6 Å². The highest BCUT2D eigenvalue weighted by Gasteiger charge is 2.15. The smallest absolute Gasteiger partial charge is 0.127 e. The fraction of sp³-hybridized carbons (Fsp3) is 0.0400. The van der Waals surface area contributed by atoms with Crippen LogP contribution in [-0.4, -0.2) is 11.9 Å². The predicted octanol–water partition coefficient (Wildman–Crippen LogP) is 4.04. The molecule has 0 spiro atoms.